The molecule has 1 unspecified atom stereocenters. The molecule has 2 aliphatic heterocycles. The number of amides is 1. The van der Waals surface area contributed by atoms with Gasteiger partial charge in [0.05, 0.1) is 5.69 Å². The van der Waals surface area contributed by atoms with Gasteiger partial charge in [-0.25, -0.2) is 21.9 Å². The molecule has 0 bridgehead atoms. The van der Waals surface area contributed by atoms with E-state index in [2.05, 4.69) is 0 Å². The smallest absolute Gasteiger partial charge is 0.414 e. The summed E-state index contributed by atoms with van der Waals surface area (Å²) in [4.78, 5) is 13.8. The van der Waals surface area contributed by atoms with Crippen LogP contribution >= 0.6 is 0 Å². The molecule has 3 rings (SSSR count). The van der Waals surface area contributed by atoms with Crippen LogP contribution in [-0.2, 0) is 21.4 Å². The molecule has 2 N–H and O–H groups in total. The van der Waals surface area contributed by atoms with Crippen LogP contribution in [0.2, 0.25) is 0 Å². The number of nitrogens with two attached hydrogens (primary N) is 1. The van der Waals surface area contributed by atoms with Gasteiger partial charge in [-0.3, -0.25) is 4.90 Å². The Hall–Kier alpha value is -1.71. The minimum atomic E-state index is -3.84. The van der Waals surface area contributed by atoms with Crippen LogP contribution in [0, 0.1) is 0 Å². The number of carbonyl (C=O) groups excluding carboxylic acids is 1. The van der Waals surface area contributed by atoms with Crippen molar-refractivity contribution < 1.29 is 22.3 Å². The predicted octanol–water partition coefficient (Wildman–Crippen LogP) is 1.19. The zero-order valence-corrected chi connectivity index (χ0v) is 13.9. The summed E-state index contributed by atoms with van der Waals surface area (Å²) in [7, 11) is -3.84. The number of para-hydroxylation sites is 1. The number of nitrogens with zero attached hydrogens (tertiary/aromatic N) is 2. The number of ether oxygens (including phenoxy) is 1. The van der Waals surface area contributed by atoms with Crippen molar-refractivity contribution in [2.75, 3.05) is 24.7 Å². The third-order valence-electron chi connectivity index (χ3n) is 4.48. The zero-order chi connectivity index (χ0) is 17.3. The molecule has 132 valence electrons. The first-order valence-electron chi connectivity index (χ1n) is 7.79. The Balaban J connectivity index is 1.75. The molecule has 0 spiro atoms. The molecule has 0 aliphatic carbocycles. The Morgan fingerprint density at radius 1 is 1.29 bits per heavy atom. The van der Waals surface area contributed by atoms with E-state index in [1.165, 1.54) is 4.31 Å². The van der Waals surface area contributed by atoms with Gasteiger partial charge in [0.1, 0.15) is 13.3 Å². The molecule has 1 aromatic rings. The van der Waals surface area contributed by atoms with Crippen molar-refractivity contribution in [3.63, 3.8) is 0 Å². The number of hydrogen-bond acceptors (Lipinski definition) is 5. The lowest BCUT2D eigenvalue weighted by atomic mass is 10.0. The fourth-order valence-corrected chi connectivity index (χ4v) is 4.41. The summed E-state index contributed by atoms with van der Waals surface area (Å²) in [6, 6.07) is 7.33. The van der Waals surface area contributed by atoms with E-state index in [1.807, 2.05) is 24.3 Å². The van der Waals surface area contributed by atoms with Gasteiger partial charge >= 0.3 is 6.09 Å². The van der Waals surface area contributed by atoms with Crippen molar-refractivity contribution in [2.24, 2.45) is 5.73 Å². The summed E-state index contributed by atoms with van der Waals surface area (Å²) in [5.74, 6) is 0. The van der Waals surface area contributed by atoms with Crippen LogP contribution in [-0.4, -0.2) is 50.0 Å². The number of piperidine rings is 1. The first-order valence-corrected chi connectivity index (χ1v) is 9.30. The van der Waals surface area contributed by atoms with E-state index in [-0.39, 0.29) is 25.7 Å². The number of cyclic esters (lactones) is 1. The van der Waals surface area contributed by atoms with Crippen LogP contribution in [0.3, 0.4) is 0 Å². The molecule has 1 saturated heterocycles. The zero-order valence-electron chi connectivity index (χ0n) is 13.1. The molecule has 1 amide bonds. The lowest BCUT2D eigenvalue weighted by Gasteiger charge is -2.40. The number of anilines is 1. The highest BCUT2D eigenvalue weighted by Gasteiger charge is 2.38. The topological polar surface area (TPSA) is 92.9 Å². The number of sulfonamides is 1. The van der Waals surface area contributed by atoms with Gasteiger partial charge < -0.3 is 10.5 Å². The van der Waals surface area contributed by atoms with Crippen molar-refractivity contribution >= 4 is 21.8 Å². The monoisotopic (exact) mass is 357 g/mol. The molecule has 1 aromatic carbocycles. The van der Waals surface area contributed by atoms with E-state index in [9.17, 15) is 17.6 Å². The minimum absolute atomic E-state index is 0.160. The van der Waals surface area contributed by atoms with Crippen LogP contribution in [0.1, 0.15) is 18.4 Å². The Morgan fingerprint density at radius 3 is 2.62 bits per heavy atom. The molecule has 2 aliphatic rings. The van der Waals surface area contributed by atoms with Gasteiger partial charge in [0.2, 0.25) is 10.0 Å². The van der Waals surface area contributed by atoms with Crippen molar-refractivity contribution in [1.29, 1.82) is 0 Å². The van der Waals surface area contributed by atoms with Gasteiger partial charge in [-0.2, -0.15) is 0 Å². The second-order valence-corrected chi connectivity index (χ2v) is 8.07. The van der Waals surface area contributed by atoms with Crippen molar-refractivity contribution in [1.82, 2.24) is 4.31 Å². The van der Waals surface area contributed by atoms with Crippen LogP contribution in [0.5, 0.6) is 0 Å². The second kappa shape index (κ2) is 6.66. The summed E-state index contributed by atoms with van der Waals surface area (Å²) < 4.78 is 43.3. The van der Waals surface area contributed by atoms with Gasteiger partial charge in [0.25, 0.3) is 0 Å². The number of hydrogen-bond donors (Lipinski definition) is 1. The Kier molecular flexibility index (Phi) is 4.75. The summed E-state index contributed by atoms with van der Waals surface area (Å²) in [6.07, 6.45) is 0.471. The quantitative estimate of drug-likeness (QED) is 0.874. The van der Waals surface area contributed by atoms with Crippen LogP contribution in [0.25, 0.3) is 0 Å². The number of fused-ring (bicyclic) bond motifs is 1. The van der Waals surface area contributed by atoms with Gasteiger partial charge in [-0.1, -0.05) is 18.2 Å². The number of halogens is 1. The van der Waals surface area contributed by atoms with E-state index in [1.54, 1.807) is 4.90 Å². The van der Waals surface area contributed by atoms with Crippen LogP contribution < -0.4 is 10.6 Å². The molecule has 1 fully saturated rings. The van der Waals surface area contributed by atoms with Gasteiger partial charge in [-0.15, -0.1) is 0 Å². The van der Waals surface area contributed by atoms with E-state index in [0.29, 0.717) is 12.8 Å². The fourth-order valence-electron chi connectivity index (χ4n) is 3.15. The first kappa shape index (κ1) is 17.1. The van der Waals surface area contributed by atoms with Crippen molar-refractivity contribution in [2.45, 2.75) is 30.9 Å². The number of rotatable bonds is 4. The normalized spacial score (nSPS) is 21.2. The van der Waals surface area contributed by atoms with Gasteiger partial charge in [-0.05, 0) is 18.9 Å². The molecule has 9 heteroatoms. The summed E-state index contributed by atoms with van der Waals surface area (Å²) in [6.45, 7) is -0.475. The SMILES string of the molecule is NC(CF)S(=O)(=O)N1CCC(N2C(=O)OCc3ccccc32)CC1. The largest absolute Gasteiger partial charge is 0.444 e. The Bertz CT molecular complexity index is 719. The van der Waals surface area contributed by atoms with Crippen molar-refractivity contribution in [3.05, 3.63) is 29.8 Å². The number of carbonyl (C=O) groups is 1. The second-order valence-electron chi connectivity index (χ2n) is 5.92. The predicted molar refractivity (Wildman–Crippen MR) is 86.6 cm³/mol. The van der Waals surface area contributed by atoms with E-state index in [0.717, 1.165) is 11.3 Å². The first-order chi connectivity index (χ1) is 11.4. The van der Waals surface area contributed by atoms with E-state index in [4.69, 9.17) is 10.5 Å². The summed E-state index contributed by atoms with van der Waals surface area (Å²) >= 11 is 0. The summed E-state index contributed by atoms with van der Waals surface area (Å²) in [5.41, 5.74) is 7.08. The highest BCUT2D eigenvalue weighted by Crippen LogP contribution is 2.32. The minimum Gasteiger partial charge on any atom is -0.444 e. The number of alkyl halides is 1. The average Bonchev–Trinajstić information content (AvgIpc) is 2.61. The standard InChI is InChI=1S/C15H20FN3O4S/c16-9-14(17)24(21,22)18-7-5-12(6-8-18)19-13-4-2-1-3-11(13)10-23-15(19)20/h1-4,12,14H,5-10,17H2. The summed E-state index contributed by atoms with van der Waals surface area (Å²) in [5, 5.41) is -1.53. The molecule has 1 atom stereocenters. The molecule has 24 heavy (non-hydrogen) atoms. The molecule has 0 saturated carbocycles. The van der Waals surface area contributed by atoms with Crippen LogP contribution in [0.4, 0.5) is 14.9 Å². The highest BCUT2D eigenvalue weighted by molar-refractivity contribution is 7.89. The maximum atomic E-state index is 12.6. The molecular weight excluding hydrogens is 337 g/mol. The number of benzene rings is 1. The molecular formula is C15H20FN3O4S. The Labute approximate surface area is 140 Å². The van der Waals surface area contributed by atoms with Gasteiger partial charge in [0, 0.05) is 24.7 Å². The molecule has 0 radical (unpaired) electrons. The Morgan fingerprint density at radius 2 is 1.96 bits per heavy atom. The highest BCUT2D eigenvalue weighted by atomic mass is 32.2. The average molecular weight is 357 g/mol. The maximum Gasteiger partial charge on any atom is 0.414 e. The third kappa shape index (κ3) is 2.99. The van der Waals surface area contributed by atoms with E-state index < -0.39 is 28.2 Å². The van der Waals surface area contributed by atoms with Gasteiger partial charge in [0.15, 0.2) is 5.37 Å². The molecule has 0 aromatic heterocycles. The lowest BCUT2D eigenvalue weighted by Crippen LogP contribution is -2.53. The maximum absolute atomic E-state index is 12.6. The molecule has 7 nitrogen and oxygen atoms in total. The lowest BCUT2D eigenvalue weighted by molar-refractivity contribution is 0.135. The fraction of sp³-hybridized carbons (Fsp3) is 0.533. The van der Waals surface area contributed by atoms with Crippen LogP contribution in [0.15, 0.2) is 24.3 Å². The van der Waals surface area contributed by atoms with Crippen molar-refractivity contribution in [3.8, 4) is 0 Å². The molecule has 2 heterocycles. The van der Waals surface area contributed by atoms with E-state index >= 15 is 0 Å². The third-order valence-corrected chi connectivity index (χ3v) is 6.46.